The highest BCUT2D eigenvalue weighted by Crippen LogP contribution is 2.21. The van der Waals surface area contributed by atoms with Gasteiger partial charge in [-0.3, -0.25) is 5.32 Å². The molecule has 78 valence electrons. The second-order valence-electron chi connectivity index (χ2n) is 2.56. The summed E-state index contributed by atoms with van der Waals surface area (Å²) in [4.78, 5) is 3.67. The van der Waals surface area contributed by atoms with E-state index in [0.717, 1.165) is 0 Å². The van der Waals surface area contributed by atoms with E-state index in [1.807, 2.05) is 0 Å². The molecule has 0 bridgehead atoms. The highest BCUT2D eigenvalue weighted by atomic mass is 32.2. The maximum Gasteiger partial charge on any atom is 0.238 e. The predicted octanol–water partition coefficient (Wildman–Crippen LogP) is 0.265. The van der Waals surface area contributed by atoms with Gasteiger partial charge in [0.15, 0.2) is 6.19 Å². The Kier molecular flexibility index (Phi) is 3.04. The van der Waals surface area contributed by atoms with Gasteiger partial charge in [-0.1, -0.05) is 12.7 Å². The lowest BCUT2D eigenvalue weighted by Crippen LogP contribution is -2.14. The van der Waals surface area contributed by atoms with Gasteiger partial charge >= 0.3 is 0 Å². The van der Waals surface area contributed by atoms with Gasteiger partial charge in [0.1, 0.15) is 5.82 Å². The summed E-state index contributed by atoms with van der Waals surface area (Å²) in [5.41, 5.74) is 0.182. The van der Waals surface area contributed by atoms with Crippen LogP contribution >= 0.6 is 0 Å². The second-order valence-corrected chi connectivity index (χ2v) is 4.09. The second kappa shape index (κ2) is 4.08. The molecule has 0 fully saturated rings. The number of nitriles is 1. The molecular formula is C8H8N4O2S. The van der Waals surface area contributed by atoms with E-state index in [0.29, 0.717) is 0 Å². The quantitative estimate of drug-likeness (QED) is 0.565. The molecule has 7 heteroatoms. The Balaban J connectivity index is 3.50. The number of primary sulfonamides is 1. The van der Waals surface area contributed by atoms with Crippen molar-refractivity contribution >= 4 is 21.9 Å². The van der Waals surface area contributed by atoms with Crippen molar-refractivity contribution in [2.75, 3.05) is 5.32 Å². The standard InChI is InChI=1S/C8H8N4O2S/c1-2-6-7(15(10,13)14)3-4-11-8(6)12-5-9/h2-4H,1H2,(H,11,12)(H2,10,13,14). The molecule has 0 unspecified atom stereocenters. The van der Waals surface area contributed by atoms with E-state index >= 15 is 0 Å². The zero-order valence-electron chi connectivity index (χ0n) is 7.64. The summed E-state index contributed by atoms with van der Waals surface area (Å²) in [6.07, 6.45) is 4.15. The fraction of sp³-hybridized carbons (Fsp3) is 0. The first kappa shape index (κ1) is 11.2. The molecule has 1 heterocycles. The fourth-order valence-corrected chi connectivity index (χ4v) is 1.79. The van der Waals surface area contributed by atoms with Crippen LogP contribution in [0.4, 0.5) is 5.82 Å². The molecule has 0 aliphatic heterocycles. The van der Waals surface area contributed by atoms with Gasteiger partial charge in [-0.2, -0.15) is 5.26 Å². The molecule has 3 N–H and O–H groups in total. The number of sulfonamides is 1. The van der Waals surface area contributed by atoms with Crippen molar-refractivity contribution in [2.24, 2.45) is 5.14 Å². The van der Waals surface area contributed by atoms with E-state index in [1.165, 1.54) is 18.3 Å². The number of hydrogen-bond acceptors (Lipinski definition) is 5. The molecule has 0 atom stereocenters. The van der Waals surface area contributed by atoms with Crippen molar-refractivity contribution < 1.29 is 8.42 Å². The molecule has 0 amide bonds. The third kappa shape index (κ3) is 2.31. The van der Waals surface area contributed by atoms with Crippen LogP contribution in [0.3, 0.4) is 0 Å². The van der Waals surface area contributed by atoms with Crippen molar-refractivity contribution in [3.05, 3.63) is 24.4 Å². The van der Waals surface area contributed by atoms with Crippen molar-refractivity contribution in [1.82, 2.24) is 4.98 Å². The average molecular weight is 224 g/mol. The minimum atomic E-state index is -3.85. The summed E-state index contributed by atoms with van der Waals surface area (Å²) < 4.78 is 22.3. The Bertz CT molecular complexity index is 530. The summed E-state index contributed by atoms with van der Waals surface area (Å²) in [5, 5.41) is 15.6. The molecule has 0 spiro atoms. The first-order valence-electron chi connectivity index (χ1n) is 3.80. The van der Waals surface area contributed by atoms with Crippen molar-refractivity contribution in [1.29, 1.82) is 5.26 Å². The molecular weight excluding hydrogens is 216 g/mol. The largest absolute Gasteiger partial charge is 0.276 e. The highest BCUT2D eigenvalue weighted by Gasteiger charge is 2.15. The van der Waals surface area contributed by atoms with E-state index < -0.39 is 10.0 Å². The van der Waals surface area contributed by atoms with Gasteiger partial charge in [0.25, 0.3) is 0 Å². The SMILES string of the molecule is C=Cc1c(S(N)(=O)=O)ccnc1NC#N. The van der Waals surface area contributed by atoms with Crippen molar-refractivity contribution in [3.8, 4) is 6.19 Å². The molecule has 0 aromatic carbocycles. The van der Waals surface area contributed by atoms with Crippen LogP contribution in [-0.4, -0.2) is 13.4 Å². The normalized spacial score (nSPS) is 10.4. The van der Waals surface area contributed by atoms with E-state index in [4.69, 9.17) is 10.4 Å². The monoisotopic (exact) mass is 224 g/mol. The summed E-state index contributed by atoms with van der Waals surface area (Å²) >= 11 is 0. The van der Waals surface area contributed by atoms with Crippen LogP contribution in [0, 0.1) is 11.5 Å². The highest BCUT2D eigenvalue weighted by molar-refractivity contribution is 7.89. The van der Waals surface area contributed by atoms with Gasteiger partial charge in [-0.15, -0.1) is 0 Å². The van der Waals surface area contributed by atoms with Crippen LogP contribution in [0.25, 0.3) is 6.08 Å². The predicted molar refractivity (Wildman–Crippen MR) is 54.9 cm³/mol. The van der Waals surface area contributed by atoms with Gasteiger partial charge in [0, 0.05) is 11.8 Å². The number of hydrogen-bond donors (Lipinski definition) is 2. The molecule has 0 radical (unpaired) electrons. The van der Waals surface area contributed by atoms with Crippen LogP contribution in [-0.2, 0) is 10.0 Å². The topological polar surface area (TPSA) is 109 Å². The average Bonchev–Trinajstić information content (AvgIpc) is 2.16. The Hall–Kier alpha value is -1.91. The Labute approximate surface area is 87.1 Å². The van der Waals surface area contributed by atoms with Gasteiger partial charge in [0.05, 0.1) is 4.90 Å². The first-order valence-corrected chi connectivity index (χ1v) is 5.34. The lowest BCUT2D eigenvalue weighted by molar-refractivity contribution is 0.597. The summed E-state index contributed by atoms with van der Waals surface area (Å²) in [6, 6.07) is 1.24. The van der Waals surface area contributed by atoms with E-state index in [2.05, 4.69) is 16.9 Å². The number of anilines is 1. The lowest BCUT2D eigenvalue weighted by Gasteiger charge is -2.06. The van der Waals surface area contributed by atoms with Gasteiger partial charge in [0.2, 0.25) is 10.0 Å². The smallest absolute Gasteiger partial charge is 0.238 e. The molecule has 1 rings (SSSR count). The maximum absolute atomic E-state index is 11.2. The number of nitrogens with zero attached hydrogens (tertiary/aromatic N) is 2. The van der Waals surface area contributed by atoms with Gasteiger partial charge < -0.3 is 0 Å². The summed E-state index contributed by atoms with van der Waals surface area (Å²) in [6.45, 7) is 3.44. The minimum absolute atomic E-state index is 0.110. The number of pyridine rings is 1. The van der Waals surface area contributed by atoms with Gasteiger partial charge in [-0.25, -0.2) is 18.5 Å². The molecule has 1 aromatic rings. The van der Waals surface area contributed by atoms with E-state index in [9.17, 15) is 8.42 Å². The minimum Gasteiger partial charge on any atom is -0.276 e. The zero-order valence-corrected chi connectivity index (χ0v) is 8.45. The molecule has 1 aromatic heterocycles. The maximum atomic E-state index is 11.2. The Morgan fingerprint density at radius 3 is 2.80 bits per heavy atom. The number of rotatable bonds is 3. The van der Waals surface area contributed by atoms with Crippen molar-refractivity contribution in [2.45, 2.75) is 4.90 Å². The molecule has 15 heavy (non-hydrogen) atoms. The van der Waals surface area contributed by atoms with Crippen LogP contribution in [0.2, 0.25) is 0 Å². The van der Waals surface area contributed by atoms with Gasteiger partial charge in [-0.05, 0) is 6.07 Å². The molecule has 0 saturated heterocycles. The Morgan fingerprint density at radius 2 is 2.33 bits per heavy atom. The van der Waals surface area contributed by atoms with Crippen LogP contribution in [0.15, 0.2) is 23.7 Å². The number of aromatic nitrogens is 1. The van der Waals surface area contributed by atoms with Crippen LogP contribution in [0.5, 0.6) is 0 Å². The third-order valence-corrected chi connectivity index (χ3v) is 2.60. The van der Waals surface area contributed by atoms with Crippen molar-refractivity contribution in [3.63, 3.8) is 0 Å². The third-order valence-electron chi connectivity index (χ3n) is 1.64. The lowest BCUT2D eigenvalue weighted by atomic mass is 10.2. The van der Waals surface area contributed by atoms with E-state index in [-0.39, 0.29) is 16.3 Å². The summed E-state index contributed by atoms with van der Waals surface area (Å²) in [5.74, 6) is 0.110. The van der Waals surface area contributed by atoms with Crippen LogP contribution < -0.4 is 10.5 Å². The van der Waals surface area contributed by atoms with Crippen LogP contribution in [0.1, 0.15) is 5.56 Å². The van der Waals surface area contributed by atoms with E-state index in [1.54, 1.807) is 6.19 Å². The number of nitrogens with two attached hydrogens (primary N) is 1. The molecule has 6 nitrogen and oxygen atoms in total. The summed E-state index contributed by atoms with van der Waals surface area (Å²) in [7, 11) is -3.85. The number of nitrogens with one attached hydrogen (secondary N) is 1. The first-order chi connectivity index (χ1) is 7.00. The molecule has 0 aliphatic carbocycles. The zero-order chi connectivity index (χ0) is 11.5. The molecule has 0 saturated carbocycles. The Morgan fingerprint density at radius 1 is 1.67 bits per heavy atom. The fourth-order valence-electron chi connectivity index (χ4n) is 1.05. The molecule has 0 aliphatic rings.